The second kappa shape index (κ2) is 6.99. The minimum Gasteiger partial charge on any atom is -0.370 e. The Morgan fingerprint density at radius 3 is 2.88 bits per heavy atom. The number of hydrogen-bond donors (Lipinski definition) is 2. The van der Waals surface area contributed by atoms with Crippen LogP contribution in [0.15, 0.2) is 29.3 Å². The van der Waals surface area contributed by atoms with Gasteiger partial charge in [0.2, 0.25) is 5.91 Å². The van der Waals surface area contributed by atoms with Gasteiger partial charge in [-0.05, 0) is 36.3 Å². The molecule has 4 N–H and O–H groups in total. The average molecular weight is 371 g/mol. The van der Waals surface area contributed by atoms with Gasteiger partial charge in [-0.15, -0.1) is 11.8 Å². The second-order valence-electron chi connectivity index (χ2n) is 7.63. The molecule has 2 atom stereocenters. The summed E-state index contributed by atoms with van der Waals surface area (Å²) in [5.74, 6) is 7.92. The summed E-state index contributed by atoms with van der Waals surface area (Å²) in [6.07, 6.45) is 5.49. The lowest BCUT2D eigenvalue weighted by Crippen LogP contribution is -2.23. The number of benzene rings is 1. The summed E-state index contributed by atoms with van der Waals surface area (Å²) in [6, 6.07) is 8.78. The Labute approximate surface area is 158 Å². The van der Waals surface area contributed by atoms with Crippen LogP contribution >= 0.6 is 11.8 Å². The number of aliphatic imine (C=N–C) groups is 1. The summed E-state index contributed by atoms with van der Waals surface area (Å²) in [4.78, 5) is 16.1. The maximum absolute atomic E-state index is 11.2. The molecule has 1 aliphatic carbocycles. The van der Waals surface area contributed by atoms with Crippen molar-refractivity contribution in [3.8, 4) is 0 Å². The zero-order valence-corrected chi connectivity index (χ0v) is 16.0. The predicted molar refractivity (Wildman–Crippen MR) is 109 cm³/mol. The SMILES string of the molecule is CC(CC(N)=O)C1CSC(c2cc3cccc(C4CCCC4)c3n2N)=N1. The average Bonchev–Trinajstić information content (AvgIpc) is 3.34. The molecule has 1 aromatic carbocycles. The van der Waals surface area contributed by atoms with Crippen LogP contribution in [0.25, 0.3) is 10.9 Å². The van der Waals surface area contributed by atoms with Crippen molar-refractivity contribution in [3.05, 3.63) is 35.5 Å². The molecule has 0 spiro atoms. The summed E-state index contributed by atoms with van der Waals surface area (Å²) in [7, 11) is 0. The van der Waals surface area contributed by atoms with Gasteiger partial charge in [0.1, 0.15) is 5.04 Å². The molecule has 6 heteroatoms. The Balaban J connectivity index is 1.68. The first-order valence-electron chi connectivity index (χ1n) is 9.43. The van der Waals surface area contributed by atoms with Gasteiger partial charge in [-0.2, -0.15) is 0 Å². The molecule has 2 aromatic rings. The molecule has 0 saturated heterocycles. The van der Waals surface area contributed by atoms with Crippen LogP contribution in [0.3, 0.4) is 0 Å². The number of nitrogen functional groups attached to an aromatic ring is 1. The fourth-order valence-corrected chi connectivity index (χ4v) is 5.56. The van der Waals surface area contributed by atoms with Crippen molar-refractivity contribution in [2.45, 2.75) is 51.0 Å². The van der Waals surface area contributed by atoms with E-state index in [1.165, 1.54) is 36.6 Å². The van der Waals surface area contributed by atoms with Gasteiger partial charge < -0.3 is 11.6 Å². The molecule has 1 fully saturated rings. The molecule has 1 aliphatic heterocycles. The van der Waals surface area contributed by atoms with Crippen LogP contribution in [0.5, 0.6) is 0 Å². The zero-order chi connectivity index (χ0) is 18.3. The maximum Gasteiger partial charge on any atom is 0.217 e. The van der Waals surface area contributed by atoms with Crippen LogP contribution in [-0.2, 0) is 4.79 Å². The number of carbonyl (C=O) groups excluding carboxylic acids is 1. The molecule has 1 saturated carbocycles. The molecule has 26 heavy (non-hydrogen) atoms. The fourth-order valence-electron chi connectivity index (χ4n) is 4.32. The lowest BCUT2D eigenvalue weighted by Gasteiger charge is -2.13. The van der Waals surface area contributed by atoms with E-state index in [4.69, 9.17) is 16.6 Å². The van der Waals surface area contributed by atoms with Crippen LogP contribution in [0.4, 0.5) is 0 Å². The largest absolute Gasteiger partial charge is 0.370 e. The van der Waals surface area contributed by atoms with E-state index in [1.807, 2.05) is 11.6 Å². The third kappa shape index (κ3) is 3.11. The highest BCUT2D eigenvalue weighted by molar-refractivity contribution is 8.14. The number of nitrogens with zero attached hydrogens (tertiary/aromatic N) is 2. The number of thioether (sulfide) groups is 1. The fraction of sp³-hybridized carbons (Fsp3) is 0.500. The van der Waals surface area contributed by atoms with Crippen LogP contribution in [0.2, 0.25) is 0 Å². The topological polar surface area (TPSA) is 86.4 Å². The van der Waals surface area contributed by atoms with Gasteiger partial charge >= 0.3 is 0 Å². The number of rotatable bonds is 5. The highest BCUT2D eigenvalue weighted by Crippen LogP contribution is 2.39. The lowest BCUT2D eigenvalue weighted by atomic mass is 9.96. The molecule has 0 radical (unpaired) electrons. The number of primary amides is 1. The number of fused-ring (bicyclic) bond motifs is 1. The van der Waals surface area contributed by atoms with Crippen LogP contribution < -0.4 is 11.6 Å². The van der Waals surface area contributed by atoms with E-state index in [0.717, 1.165) is 22.0 Å². The van der Waals surface area contributed by atoms with Gasteiger partial charge in [0.15, 0.2) is 0 Å². The van der Waals surface area contributed by atoms with Gasteiger partial charge in [0.25, 0.3) is 0 Å². The Bertz CT molecular complexity index is 866. The zero-order valence-electron chi connectivity index (χ0n) is 15.1. The Hall–Kier alpha value is -1.95. The number of nitrogens with two attached hydrogens (primary N) is 2. The Morgan fingerprint density at radius 1 is 1.38 bits per heavy atom. The summed E-state index contributed by atoms with van der Waals surface area (Å²) in [6.45, 7) is 2.04. The van der Waals surface area contributed by atoms with E-state index in [9.17, 15) is 4.79 Å². The number of amides is 1. The lowest BCUT2D eigenvalue weighted by molar-refractivity contribution is -0.118. The van der Waals surface area contributed by atoms with Crippen molar-refractivity contribution in [2.75, 3.05) is 11.6 Å². The van der Waals surface area contributed by atoms with E-state index in [1.54, 1.807) is 11.8 Å². The minimum atomic E-state index is -0.264. The molecule has 2 unspecified atom stereocenters. The van der Waals surface area contributed by atoms with Crippen molar-refractivity contribution >= 4 is 33.6 Å². The molecule has 1 aromatic heterocycles. The number of para-hydroxylation sites is 1. The standard InChI is InChI=1S/C20H26N4OS/c1-12(9-18(21)25)16-11-26-20(23-16)17-10-14-7-4-8-15(19(14)24(17)22)13-5-2-3-6-13/h4,7-8,10,12-13,16H,2-3,5-6,9,11,22H2,1H3,(H2,21,25). The summed E-state index contributed by atoms with van der Waals surface area (Å²) in [5, 5.41) is 2.16. The summed E-state index contributed by atoms with van der Waals surface area (Å²) >= 11 is 1.72. The van der Waals surface area contributed by atoms with Crippen molar-refractivity contribution in [2.24, 2.45) is 16.6 Å². The molecular weight excluding hydrogens is 344 g/mol. The van der Waals surface area contributed by atoms with Gasteiger partial charge in [-0.25, -0.2) is 0 Å². The van der Waals surface area contributed by atoms with Crippen molar-refractivity contribution in [3.63, 3.8) is 0 Å². The number of aromatic nitrogens is 1. The second-order valence-corrected chi connectivity index (χ2v) is 8.64. The Morgan fingerprint density at radius 2 is 2.15 bits per heavy atom. The number of carbonyl (C=O) groups is 1. The predicted octanol–water partition coefficient (Wildman–Crippen LogP) is 3.39. The van der Waals surface area contributed by atoms with Crippen molar-refractivity contribution in [1.29, 1.82) is 0 Å². The molecule has 1 amide bonds. The maximum atomic E-state index is 11.2. The molecular formula is C20H26N4OS. The molecule has 5 nitrogen and oxygen atoms in total. The minimum absolute atomic E-state index is 0.120. The van der Waals surface area contributed by atoms with Crippen LogP contribution in [0, 0.1) is 5.92 Å². The van der Waals surface area contributed by atoms with E-state index >= 15 is 0 Å². The quantitative estimate of drug-likeness (QED) is 0.791. The van der Waals surface area contributed by atoms with Crippen molar-refractivity contribution in [1.82, 2.24) is 4.68 Å². The molecule has 0 bridgehead atoms. The molecule has 2 aliphatic rings. The first-order chi connectivity index (χ1) is 12.5. The Kier molecular flexibility index (Phi) is 4.69. The molecule has 138 valence electrons. The summed E-state index contributed by atoms with van der Waals surface area (Å²) in [5.41, 5.74) is 8.83. The highest BCUT2D eigenvalue weighted by Gasteiger charge is 2.28. The van der Waals surface area contributed by atoms with E-state index in [0.29, 0.717) is 12.3 Å². The van der Waals surface area contributed by atoms with Gasteiger partial charge in [-0.3, -0.25) is 14.5 Å². The number of hydrogen-bond acceptors (Lipinski definition) is 4. The first kappa shape index (κ1) is 17.5. The van der Waals surface area contributed by atoms with Gasteiger partial charge in [-0.1, -0.05) is 38.0 Å². The normalized spacial score (nSPS) is 22.0. The van der Waals surface area contributed by atoms with E-state index in [-0.39, 0.29) is 17.9 Å². The third-order valence-corrected chi connectivity index (χ3v) is 6.86. The van der Waals surface area contributed by atoms with Crippen LogP contribution in [0.1, 0.15) is 56.2 Å². The van der Waals surface area contributed by atoms with Gasteiger partial charge in [0.05, 0.1) is 17.3 Å². The highest BCUT2D eigenvalue weighted by atomic mass is 32.2. The van der Waals surface area contributed by atoms with Crippen LogP contribution in [-0.4, -0.2) is 27.4 Å². The van der Waals surface area contributed by atoms with E-state index < -0.39 is 0 Å². The first-order valence-corrected chi connectivity index (χ1v) is 10.4. The van der Waals surface area contributed by atoms with E-state index in [2.05, 4.69) is 24.3 Å². The third-order valence-electron chi connectivity index (χ3n) is 5.76. The molecule has 4 rings (SSSR count). The summed E-state index contributed by atoms with van der Waals surface area (Å²) < 4.78 is 1.83. The van der Waals surface area contributed by atoms with Gasteiger partial charge in [0, 0.05) is 17.6 Å². The smallest absolute Gasteiger partial charge is 0.217 e. The monoisotopic (exact) mass is 370 g/mol. The molecule has 2 heterocycles. The van der Waals surface area contributed by atoms with Crippen molar-refractivity contribution < 1.29 is 4.79 Å².